The lowest BCUT2D eigenvalue weighted by Gasteiger charge is -2.27. The van der Waals surface area contributed by atoms with Crippen LogP contribution in [-0.2, 0) is 4.65 Å². The Labute approximate surface area is 102 Å². The number of hydrogen-bond acceptors (Lipinski definition) is 2. The van der Waals surface area contributed by atoms with Gasteiger partial charge in [-0.15, -0.1) is 0 Å². The summed E-state index contributed by atoms with van der Waals surface area (Å²) in [6, 6.07) is 0. The third-order valence-corrected chi connectivity index (χ3v) is 3.49. The second kappa shape index (κ2) is 9.06. The van der Waals surface area contributed by atoms with Crippen molar-refractivity contribution in [3.8, 4) is 0 Å². The van der Waals surface area contributed by atoms with Crippen LogP contribution < -0.4 is 0 Å². The van der Waals surface area contributed by atoms with E-state index in [-0.39, 0.29) is 6.10 Å². The van der Waals surface area contributed by atoms with Gasteiger partial charge in [-0.2, -0.15) is 0 Å². The van der Waals surface area contributed by atoms with Crippen LogP contribution in [0, 0.1) is 11.8 Å². The third kappa shape index (κ3) is 6.54. The molecule has 0 aromatic rings. The highest BCUT2D eigenvalue weighted by molar-refractivity contribution is 6.40. The van der Waals surface area contributed by atoms with Crippen LogP contribution in [0.25, 0.3) is 0 Å². The maximum atomic E-state index is 9.29. The Morgan fingerprint density at radius 1 is 1.19 bits per heavy atom. The van der Waals surface area contributed by atoms with E-state index >= 15 is 0 Å². The molecule has 3 heteroatoms. The zero-order chi connectivity index (χ0) is 12.6. The second-order valence-electron chi connectivity index (χ2n) is 4.94. The van der Waals surface area contributed by atoms with Crippen molar-refractivity contribution in [1.82, 2.24) is 0 Å². The molecule has 2 unspecified atom stereocenters. The first-order valence-corrected chi connectivity index (χ1v) is 6.88. The van der Waals surface area contributed by atoms with Gasteiger partial charge in [-0.05, 0) is 31.5 Å². The van der Waals surface area contributed by atoms with E-state index < -0.39 is 7.12 Å². The van der Waals surface area contributed by atoms with Crippen LogP contribution in [0.15, 0.2) is 0 Å². The fourth-order valence-electron chi connectivity index (χ4n) is 2.54. The van der Waals surface area contributed by atoms with Gasteiger partial charge in [0.2, 0.25) is 0 Å². The first-order valence-electron chi connectivity index (χ1n) is 6.88. The first kappa shape index (κ1) is 16.0. The Bertz CT molecular complexity index is 158. The standard InChI is InChI=1S/C13H29BO2/c1-6-9-13(16-14(5)15)10-11(4)12(7-2)8-3/h11-13,15H,6-10H2,1-5H3. The van der Waals surface area contributed by atoms with Crippen molar-refractivity contribution in [3.05, 3.63) is 0 Å². The molecule has 16 heavy (non-hydrogen) atoms. The Morgan fingerprint density at radius 2 is 1.75 bits per heavy atom. The second-order valence-corrected chi connectivity index (χ2v) is 4.94. The molecule has 0 saturated heterocycles. The van der Waals surface area contributed by atoms with Crippen LogP contribution in [0.1, 0.15) is 59.8 Å². The SMILES string of the molecule is CCCC(CC(C)C(CC)CC)OB(C)O. The molecule has 0 bridgehead atoms. The van der Waals surface area contributed by atoms with Crippen molar-refractivity contribution in [1.29, 1.82) is 0 Å². The van der Waals surface area contributed by atoms with Crippen molar-refractivity contribution < 1.29 is 9.68 Å². The molecule has 0 spiro atoms. The highest BCUT2D eigenvalue weighted by Gasteiger charge is 2.21. The van der Waals surface area contributed by atoms with Gasteiger partial charge in [-0.1, -0.05) is 47.0 Å². The van der Waals surface area contributed by atoms with E-state index in [2.05, 4.69) is 27.7 Å². The average molecular weight is 228 g/mol. The molecule has 0 rings (SSSR count). The molecule has 0 aliphatic carbocycles. The van der Waals surface area contributed by atoms with E-state index in [9.17, 15) is 5.02 Å². The topological polar surface area (TPSA) is 29.5 Å². The van der Waals surface area contributed by atoms with Crippen molar-refractivity contribution in [2.75, 3.05) is 0 Å². The fourth-order valence-corrected chi connectivity index (χ4v) is 2.54. The molecule has 0 amide bonds. The van der Waals surface area contributed by atoms with Crippen LogP contribution in [-0.4, -0.2) is 18.2 Å². The van der Waals surface area contributed by atoms with Gasteiger partial charge in [0.1, 0.15) is 0 Å². The Morgan fingerprint density at radius 3 is 2.12 bits per heavy atom. The fraction of sp³-hybridized carbons (Fsp3) is 1.00. The highest BCUT2D eigenvalue weighted by atomic mass is 16.5. The maximum absolute atomic E-state index is 9.29. The van der Waals surface area contributed by atoms with Gasteiger partial charge in [-0.3, -0.25) is 0 Å². The molecule has 0 fully saturated rings. The quantitative estimate of drug-likeness (QED) is 0.609. The van der Waals surface area contributed by atoms with E-state index in [1.165, 1.54) is 12.8 Å². The van der Waals surface area contributed by atoms with Gasteiger partial charge >= 0.3 is 7.12 Å². The Kier molecular flexibility index (Phi) is 9.05. The summed E-state index contributed by atoms with van der Waals surface area (Å²) in [7, 11) is -0.634. The van der Waals surface area contributed by atoms with Crippen molar-refractivity contribution >= 4 is 7.12 Å². The summed E-state index contributed by atoms with van der Waals surface area (Å²) in [5.74, 6) is 1.47. The minimum atomic E-state index is -0.634. The normalized spacial score (nSPS) is 15.2. The minimum Gasteiger partial charge on any atom is -0.427 e. The van der Waals surface area contributed by atoms with Gasteiger partial charge < -0.3 is 9.68 Å². The molecule has 0 saturated carbocycles. The average Bonchev–Trinajstić information content (AvgIpc) is 2.18. The lowest BCUT2D eigenvalue weighted by Crippen LogP contribution is -2.26. The molecule has 1 N–H and O–H groups in total. The largest absolute Gasteiger partial charge is 0.451 e. The predicted molar refractivity (Wildman–Crippen MR) is 71.5 cm³/mol. The number of hydrogen-bond donors (Lipinski definition) is 1. The summed E-state index contributed by atoms with van der Waals surface area (Å²) in [4.78, 5) is 0. The third-order valence-electron chi connectivity index (χ3n) is 3.49. The predicted octanol–water partition coefficient (Wildman–Crippen LogP) is 3.74. The van der Waals surface area contributed by atoms with Crippen LogP contribution in [0.5, 0.6) is 0 Å². The smallest absolute Gasteiger partial charge is 0.427 e. The molecule has 0 heterocycles. The van der Waals surface area contributed by atoms with E-state index in [0.29, 0.717) is 5.92 Å². The minimum absolute atomic E-state index is 0.223. The van der Waals surface area contributed by atoms with Crippen LogP contribution in [0.4, 0.5) is 0 Å². The van der Waals surface area contributed by atoms with Gasteiger partial charge in [0.25, 0.3) is 0 Å². The van der Waals surface area contributed by atoms with Gasteiger partial charge in [0.15, 0.2) is 0 Å². The lowest BCUT2D eigenvalue weighted by atomic mass is 9.84. The molecule has 0 aliphatic rings. The summed E-state index contributed by atoms with van der Waals surface area (Å²) in [5, 5.41) is 9.29. The van der Waals surface area contributed by atoms with E-state index in [0.717, 1.165) is 25.2 Å². The Hall–Kier alpha value is -0.0151. The summed E-state index contributed by atoms with van der Waals surface area (Å²) in [6.45, 7) is 10.7. The molecule has 0 aliphatic heterocycles. The summed E-state index contributed by atoms with van der Waals surface area (Å²) in [5.41, 5.74) is 0. The molecule has 0 aromatic heterocycles. The molecular formula is C13H29BO2. The first-order chi connectivity index (χ1) is 7.54. The monoisotopic (exact) mass is 228 g/mol. The van der Waals surface area contributed by atoms with Crippen molar-refractivity contribution in [2.45, 2.75) is 72.7 Å². The summed E-state index contributed by atoms with van der Waals surface area (Å²) < 4.78 is 5.56. The van der Waals surface area contributed by atoms with Crippen LogP contribution >= 0.6 is 0 Å². The van der Waals surface area contributed by atoms with E-state index in [4.69, 9.17) is 4.65 Å². The summed E-state index contributed by atoms with van der Waals surface area (Å²) in [6.07, 6.45) is 5.95. The van der Waals surface area contributed by atoms with Gasteiger partial charge in [-0.25, -0.2) is 0 Å². The van der Waals surface area contributed by atoms with E-state index in [1.54, 1.807) is 6.82 Å². The molecule has 0 radical (unpaired) electrons. The van der Waals surface area contributed by atoms with E-state index in [1.807, 2.05) is 0 Å². The zero-order valence-corrected chi connectivity index (χ0v) is 11.7. The van der Waals surface area contributed by atoms with Gasteiger partial charge in [0, 0.05) is 6.10 Å². The van der Waals surface area contributed by atoms with Crippen LogP contribution in [0.2, 0.25) is 6.82 Å². The molecular weight excluding hydrogens is 199 g/mol. The molecule has 2 nitrogen and oxygen atoms in total. The molecule has 96 valence electrons. The lowest BCUT2D eigenvalue weighted by molar-refractivity contribution is 0.118. The summed E-state index contributed by atoms with van der Waals surface area (Å²) >= 11 is 0. The zero-order valence-electron chi connectivity index (χ0n) is 11.7. The van der Waals surface area contributed by atoms with Gasteiger partial charge in [0.05, 0.1) is 0 Å². The highest BCUT2D eigenvalue weighted by Crippen LogP contribution is 2.25. The number of rotatable bonds is 9. The maximum Gasteiger partial charge on any atom is 0.451 e. The Balaban J connectivity index is 4.14. The van der Waals surface area contributed by atoms with Crippen LogP contribution in [0.3, 0.4) is 0 Å². The van der Waals surface area contributed by atoms with Crippen molar-refractivity contribution in [3.63, 3.8) is 0 Å². The molecule has 0 aromatic carbocycles. The van der Waals surface area contributed by atoms with Crippen molar-refractivity contribution in [2.24, 2.45) is 11.8 Å². The molecule has 2 atom stereocenters.